The zero-order valence-electron chi connectivity index (χ0n) is 13.3. The maximum Gasteiger partial charge on any atom is 0.245 e. The third-order valence-corrected chi connectivity index (χ3v) is 4.14. The molecule has 1 aliphatic rings. The average Bonchev–Trinajstić information content (AvgIpc) is 2.84. The highest BCUT2D eigenvalue weighted by molar-refractivity contribution is 5.85. The van der Waals surface area contributed by atoms with Crippen LogP contribution in [0.4, 0.5) is 0 Å². The number of unbranched alkanes of at least 4 members (excludes halogenated alkanes) is 3. The first kappa shape index (κ1) is 16.0. The largest absolute Gasteiger partial charge is 0.328 e. The van der Waals surface area contributed by atoms with Crippen molar-refractivity contribution in [1.29, 1.82) is 0 Å². The molecule has 1 unspecified atom stereocenters. The van der Waals surface area contributed by atoms with Crippen molar-refractivity contribution < 1.29 is 4.79 Å². The van der Waals surface area contributed by atoms with Gasteiger partial charge < -0.3 is 4.90 Å². The molecule has 0 aliphatic carbocycles. The van der Waals surface area contributed by atoms with Gasteiger partial charge in [-0.15, -0.1) is 0 Å². The number of carbonyl (C=O) groups is 1. The maximum absolute atomic E-state index is 12.4. The quantitative estimate of drug-likeness (QED) is 0.739. The highest BCUT2D eigenvalue weighted by atomic mass is 16.2. The minimum absolute atomic E-state index is 0.146. The van der Waals surface area contributed by atoms with Crippen molar-refractivity contribution in [3.63, 3.8) is 0 Å². The topological polar surface area (TPSA) is 32.3 Å². The van der Waals surface area contributed by atoms with E-state index in [1.807, 2.05) is 35.2 Å². The molecule has 1 N–H and O–H groups in total. The van der Waals surface area contributed by atoms with E-state index in [9.17, 15) is 4.79 Å². The Morgan fingerprint density at radius 1 is 1.14 bits per heavy atom. The molecule has 0 bridgehead atoms. The van der Waals surface area contributed by atoms with Gasteiger partial charge in [0.15, 0.2) is 0 Å². The lowest BCUT2D eigenvalue weighted by atomic mass is 10.0. The molecule has 21 heavy (non-hydrogen) atoms. The van der Waals surface area contributed by atoms with E-state index in [0.717, 1.165) is 24.4 Å². The highest BCUT2D eigenvalue weighted by Crippen LogP contribution is 2.20. The zero-order valence-corrected chi connectivity index (χ0v) is 13.3. The van der Waals surface area contributed by atoms with Crippen LogP contribution in [-0.2, 0) is 4.79 Å². The van der Waals surface area contributed by atoms with Crippen molar-refractivity contribution in [2.24, 2.45) is 5.92 Å². The second-order valence-electron chi connectivity index (χ2n) is 6.40. The number of benzene rings is 1. The molecule has 2 rings (SSSR count). The number of nitrogens with zero attached hydrogens (tertiary/aromatic N) is 1. The minimum Gasteiger partial charge on any atom is -0.328 e. The maximum atomic E-state index is 12.4. The van der Waals surface area contributed by atoms with E-state index in [4.69, 9.17) is 0 Å². The van der Waals surface area contributed by atoms with Gasteiger partial charge in [-0.3, -0.25) is 10.1 Å². The Kier molecular flexibility index (Phi) is 6.24. The number of carbonyl (C=O) groups excluding carboxylic acids is 1. The molecule has 0 radical (unpaired) electrons. The summed E-state index contributed by atoms with van der Waals surface area (Å²) in [6.45, 7) is 6.12. The first-order valence-electron chi connectivity index (χ1n) is 8.25. The molecule has 3 nitrogen and oxygen atoms in total. The summed E-state index contributed by atoms with van der Waals surface area (Å²) in [5.41, 5.74) is 1.07. The van der Waals surface area contributed by atoms with E-state index in [-0.39, 0.29) is 11.9 Å². The normalized spacial score (nSPS) is 18.7. The van der Waals surface area contributed by atoms with Crippen molar-refractivity contribution in [3.8, 4) is 0 Å². The van der Waals surface area contributed by atoms with Gasteiger partial charge in [-0.2, -0.15) is 0 Å². The zero-order chi connectivity index (χ0) is 15.1. The van der Waals surface area contributed by atoms with Gasteiger partial charge in [-0.1, -0.05) is 69.9 Å². The van der Waals surface area contributed by atoms with E-state index in [2.05, 4.69) is 19.2 Å². The molecule has 0 spiro atoms. The number of rotatable bonds is 8. The molecule has 3 heteroatoms. The fraction of sp³-hybridized carbons (Fsp3) is 0.611. The fourth-order valence-corrected chi connectivity index (χ4v) is 2.85. The molecule has 0 aromatic heterocycles. The Morgan fingerprint density at radius 2 is 1.86 bits per heavy atom. The first-order chi connectivity index (χ1) is 10.2. The summed E-state index contributed by atoms with van der Waals surface area (Å²) < 4.78 is 0. The van der Waals surface area contributed by atoms with Gasteiger partial charge in [0.05, 0.1) is 6.67 Å². The van der Waals surface area contributed by atoms with Gasteiger partial charge in [0, 0.05) is 6.54 Å². The lowest BCUT2D eigenvalue weighted by molar-refractivity contribution is -0.129. The molecule has 1 aliphatic heterocycles. The van der Waals surface area contributed by atoms with Crippen LogP contribution in [0.1, 0.15) is 57.6 Å². The summed E-state index contributed by atoms with van der Waals surface area (Å²) in [5.74, 6) is 1.03. The van der Waals surface area contributed by atoms with Gasteiger partial charge in [0.2, 0.25) is 5.91 Å². The van der Waals surface area contributed by atoms with E-state index in [0.29, 0.717) is 6.67 Å². The van der Waals surface area contributed by atoms with E-state index in [1.54, 1.807) is 0 Å². The summed E-state index contributed by atoms with van der Waals surface area (Å²) >= 11 is 0. The van der Waals surface area contributed by atoms with Crippen LogP contribution in [0.3, 0.4) is 0 Å². The van der Waals surface area contributed by atoms with Gasteiger partial charge >= 0.3 is 0 Å². The third-order valence-electron chi connectivity index (χ3n) is 4.14. The molecule has 1 heterocycles. The predicted octanol–water partition coefficient (Wildman–Crippen LogP) is 3.72. The van der Waals surface area contributed by atoms with E-state index < -0.39 is 0 Å². The smallest absolute Gasteiger partial charge is 0.245 e. The molecule has 1 aromatic rings. The van der Waals surface area contributed by atoms with Crippen molar-refractivity contribution in [2.75, 3.05) is 13.2 Å². The number of amides is 1. The van der Waals surface area contributed by atoms with Gasteiger partial charge in [-0.05, 0) is 17.9 Å². The number of nitrogens with one attached hydrogen (secondary N) is 1. The van der Waals surface area contributed by atoms with Crippen LogP contribution in [-0.4, -0.2) is 24.0 Å². The van der Waals surface area contributed by atoms with Gasteiger partial charge in [0.1, 0.15) is 6.04 Å². The van der Waals surface area contributed by atoms with Crippen LogP contribution in [0.25, 0.3) is 0 Å². The van der Waals surface area contributed by atoms with E-state index in [1.165, 1.54) is 25.7 Å². The van der Waals surface area contributed by atoms with Crippen LogP contribution < -0.4 is 5.32 Å². The minimum atomic E-state index is -0.146. The Bertz CT molecular complexity index is 430. The molecule has 0 saturated carbocycles. The van der Waals surface area contributed by atoms with Crippen LogP contribution in [0.5, 0.6) is 0 Å². The summed E-state index contributed by atoms with van der Waals surface area (Å²) in [5, 5.41) is 3.32. The van der Waals surface area contributed by atoms with Crippen LogP contribution in [0, 0.1) is 5.92 Å². The molecule has 1 fully saturated rings. The molecule has 1 atom stereocenters. The molecular weight excluding hydrogens is 260 g/mol. The molecule has 1 amide bonds. The van der Waals surface area contributed by atoms with Gasteiger partial charge in [0.25, 0.3) is 0 Å². The van der Waals surface area contributed by atoms with E-state index >= 15 is 0 Å². The highest BCUT2D eigenvalue weighted by Gasteiger charge is 2.31. The van der Waals surface area contributed by atoms with Crippen molar-refractivity contribution in [1.82, 2.24) is 10.2 Å². The second kappa shape index (κ2) is 8.18. The van der Waals surface area contributed by atoms with Crippen molar-refractivity contribution in [3.05, 3.63) is 35.9 Å². The van der Waals surface area contributed by atoms with Crippen LogP contribution in [0.2, 0.25) is 0 Å². The molecule has 1 saturated heterocycles. The van der Waals surface area contributed by atoms with Gasteiger partial charge in [-0.25, -0.2) is 0 Å². The summed E-state index contributed by atoms with van der Waals surface area (Å²) in [4.78, 5) is 14.3. The predicted molar refractivity (Wildman–Crippen MR) is 86.8 cm³/mol. The number of hydrogen-bond acceptors (Lipinski definition) is 2. The Hall–Kier alpha value is -1.35. The standard InChI is InChI=1S/C18H28N2O/c1-15(2)10-6-3-4-9-13-20-14-19-17(18(20)21)16-11-7-5-8-12-16/h5,7-8,11-12,15,17,19H,3-4,6,9-10,13-14H2,1-2H3. The van der Waals surface area contributed by atoms with Crippen LogP contribution >= 0.6 is 0 Å². The summed E-state index contributed by atoms with van der Waals surface area (Å²) in [6, 6.07) is 9.85. The Labute approximate surface area is 128 Å². The average molecular weight is 288 g/mol. The second-order valence-corrected chi connectivity index (χ2v) is 6.40. The lowest BCUT2D eigenvalue weighted by Crippen LogP contribution is -2.27. The number of hydrogen-bond donors (Lipinski definition) is 1. The Morgan fingerprint density at radius 3 is 2.57 bits per heavy atom. The molecular formula is C18H28N2O. The van der Waals surface area contributed by atoms with Crippen LogP contribution in [0.15, 0.2) is 30.3 Å². The molecule has 1 aromatic carbocycles. The fourth-order valence-electron chi connectivity index (χ4n) is 2.85. The lowest BCUT2D eigenvalue weighted by Gasteiger charge is -2.15. The monoisotopic (exact) mass is 288 g/mol. The first-order valence-corrected chi connectivity index (χ1v) is 8.25. The molecule has 116 valence electrons. The van der Waals surface area contributed by atoms with Crippen molar-refractivity contribution in [2.45, 2.75) is 52.0 Å². The SMILES string of the molecule is CC(C)CCCCCCN1CNC(c2ccccc2)C1=O. The summed E-state index contributed by atoms with van der Waals surface area (Å²) in [7, 11) is 0. The van der Waals surface area contributed by atoms with Crippen molar-refractivity contribution >= 4 is 5.91 Å². The third kappa shape index (κ3) is 4.85. The summed E-state index contributed by atoms with van der Waals surface area (Å²) in [6.07, 6.45) is 6.27. The Balaban J connectivity index is 1.68.